The van der Waals surface area contributed by atoms with Gasteiger partial charge in [-0.1, -0.05) is 29.8 Å². The van der Waals surface area contributed by atoms with E-state index in [-0.39, 0.29) is 4.90 Å². The lowest BCUT2D eigenvalue weighted by Gasteiger charge is -2.07. The molecule has 0 aliphatic carbocycles. The summed E-state index contributed by atoms with van der Waals surface area (Å²) in [5.74, 6) is 0. The maximum absolute atomic E-state index is 11.2. The summed E-state index contributed by atoms with van der Waals surface area (Å²) in [6.45, 7) is 1.84. The Morgan fingerprint density at radius 1 is 1.00 bits per heavy atom. The number of rotatable bonds is 2. The molecule has 2 aromatic carbocycles. The van der Waals surface area contributed by atoms with Crippen molar-refractivity contribution in [2.24, 2.45) is 0 Å². The highest BCUT2D eigenvalue weighted by Crippen LogP contribution is 2.27. The third-order valence-electron chi connectivity index (χ3n) is 2.63. The Morgan fingerprint density at radius 2 is 1.61 bits per heavy atom. The molecule has 2 nitrogen and oxygen atoms in total. The molecule has 0 atom stereocenters. The molecule has 0 aromatic heterocycles. The molecular formula is C13H10Cl2O2S. The third kappa shape index (κ3) is 2.86. The van der Waals surface area contributed by atoms with Crippen molar-refractivity contribution in [3.8, 4) is 11.1 Å². The summed E-state index contributed by atoms with van der Waals surface area (Å²) in [6.07, 6.45) is 0. The zero-order valence-corrected chi connectivity index (χ0v) is 11.9. The van der Waals surface area contributed by atoms with Crippen molar-refractivity contribution in [3.05, 3.63) is 53.1 Å². The monoisotopic (exact) mass is 300 g/mol. The first kappa shape index (κ1) is 13.4. The maximum Gasteiger partial charge on any atom is 0.261 e. The standard InChI is InChI=1S/C13H10Cl2O2S/c1-9-8-12(18(15,16)17)6-7-13(9)10-2-4-11(14)5-3-10/h2-8H,1H3. The number of hydrogen-bond donors (Lipinski definition) is 0. The molecule has 0 aliphatic heterocycles. The van der Waals surface area contributed by atoms with E-state index in [2.05, 4.69) is 0 Å². The van der Waals surface area contributed by atoms with Gasteiger partial charge in [0.25, 0.3) is 9.05 Å². The van der Waals surface area contributed by atoms with Crippen LogP contribution in [0, 0.1) is 6.92 Å². The highest BCUT2D eigenvalue weighted by atomic mass is 35.7. The van der Waals surface area contributed by atoms with Crippen LogP contribution in [-0.2, 0) is 9.05 Å². The number of aryl methyl sites for hydroxylation is 1. The molecule has 94 valence electrons. The SMILES string of the molecule is Cc1cc(S(=O)(=O)Cl)ccc1-c1ccc(Cl)cc1. The highest BCUT2D eigenvalue weighted by molar-refractivity contribution is 8.13. The molecule has 0 fully saturated rings. The average molecular weight is 301 g/mol. The molecule has 0 amide bonds. The van der Waals surface area contributed by atoms with E-state index < -0.39 is 9.05 Å². The summed E-state index contributed by atoms with van der Waals surface area (Å²) in [6, 6.07) is 12.2. The van der Waals surface area contributed by atoms with Crippen molar-refractivity contribution < 1.29 is 8.42 Å². The van der Waals surface area contributed by atoms with Crippen LogP contribution < -0.4 is 0 Å². The summed E-state index contributed by atoms with van der Waals surface area (Å²) in [5.41, 5.74) is 2.78. The van der Waals surface area contributed by atoms with Crippen molar-refractivity contribution in [2.75, 3.05) is 0 Å². The van der Waals surface area contributed by atoms with Crippen LogP contribution in [0.15, 0.2) is 47.4 Å². The van der Waals surface area contributed by atoms with Crippen LogP contribution in [0.5, 0.6) is 0 Å². The van der Waals surface area contributed by atoms with Gasteiger partial charge in [0, 0.05) is 15.7 Å². The summed E-state index contributed by atoms with van der Waals surface area (Å²) >= 11 is 5.83. The van der Waals surface area contributed by atoms with Gasteiger partial charge < -0.3 is 0 Å². The molecule has 0 aliphatic rings. The number of benzene rings is 2. The first-order valence-corrected chi connectivity index (χ1v) is 7.88. The molecule has 0 bridgehead atoms. The molecule has 0 saturated carbocycles. The van der Waals surface area contributed by atoms with Gasteiger partial charge >= 0.3 is 0 Å². The van der Waals surface area contributed by atoms with Crippen LogP contribution in [0.3, 0.4) is 0 Å². The van der Waals surface area contributed by atoms with Gasteiger partial charge in [0.15, 0.2) is 0 Å². The fraction of sp³-hybridized carbons (Fsp3) is 0.0769. The van der Waals surface area contributed by atoms with Crippen LogP contribution in [0.4, 0.5) is 0 Å². The van der Waals surface area contributed by atoms with Crippen LogP contribution in [0.25, 0.3) is 11.1 Å². The van der Waals surface area contributed by atoms with Gasteiger partial charge in [0.05, 0.1) is 4.90 Å². The Balaban J connectivity index is 2.51. The predicted molar refractivity (Wildman–Crippen MR) is 74.7 cm³/mol. The van der Waals surface area contributed by atoms with Gasteiger partial charge in [0.1, 0.15) is 0 Å². The highest BCUT2D eigenvalue weighted by Gasteiger charge is 2.11. The zero-order valence-electron chi connectivity index (χ0n) is 9.52. The number of hydrogen-bond acceptors (Lipinski definition) is 2. The van der Waals surface area contributed by atoms with E-state index in [1.54, 1.807) is 24.3 Å². The fourth-order valence-electron chi connectivity index (χ4n) is 1.74. The van der Waals surface area contributed by atoms with Gasteiger partial charge in [-0.25, -0.2) is 8.42 Å². The summed E-state index contributed by atoms with van der Waals surface area (Å²) in [4.78, 5) is 0.111. The normalized spacial score (nSPS) is 11.5. The Morgan fingerprint density at radius 3 is 2.11 bits per heavy atom. The van der Waals surface area contributed by atoms with Gasteiger partial charge in [-0.3, -0.25) is 0 Å². The van der Waals surface area contributed by atoms with E-state index in [0.717, 1.165) is 16.7 Å². The van der Waals surface area contributed by atoms with Crippen LogP contribution in [0.2, 0.25) is 5.02 Å². The second kappa shape index (κ2) is 4.92. The second-order valence-corrected chi connectivity index (χ2v) is 6.92. The van der Waals surface area contributed by atoms with E-state index in [0.29, 0.717) is 5.02 Å². The number of halogens is 2. The molecule has 5 heteroatoms. The van der Waals surface area contributed by atoms with E-state index in [1.807, 2.05) is 19.1 Å². The first-order chi connectivity index (χ1) is 8.38. The van der Waals surface area contributed by atoms with Gasteiger partial charge in [-0.05, 0) is 47.9 Å². The van der Waals surface area contributed by atoms with Gasteiger partial charge in [0.2, 0.25) is 0 Å². The topological polar surface area (TPSA) is 34.1 Å². The van der Waals surface area contributed by atoms with E-state index in [4.69, 9.17) is 22.3 Å². The summed E-state index contributed by atoms with van der Waals surface area (Å²) in [7, 11) is 1.62. The zero-order chi connectivity index (χ0) is 13.3. The molecule has 2 aromatic rings. The van der Waals surface area contributed by atoms with Crippen LogP contribution >= 0.6 is 22.3 Å². The lowest BCUT2D eigenvalue weighted by Crippen LogP contribution is -1.92. The Labute approximate surface area is 116 Å². The molecule has 0 unspecified atom stereocenters. The molecule has 0 heterocycles. The minimum atomic E-state index is -3.68. The van der Waals surface area contributed by atoms with Gasteiger partial charge in [-0.2, -0.15) is 0 Å². The van der Waals surface area contributed by atoms with Crippen molar-refractivity contribution >= 4 is 31.3 Å². The summed E-state index contributed by atoms with van der Waals surface area (Å²) < 4.78 is 22.5. The minimum Gasteiger partial charge on any atom is -0.207 e. The molecule has 0 N–H and O–H groups in total. The first-order valence-electron chi connectivity index (χ1n) is 5.19. The Hall–Kier alpha value is -1.03. The van der Waals surface area contributed by atoms with Crippen LogP contribution in [-0.4, -0.2) is 8.42 Å². The van der Waals surface area contributed by atoms with Crippen molar-refractivity contribution in [1.29, 1.82) is 0 Å². The smallest absolute Gasteiger partial charge is 0.207 e. The van der Waals surface area contributed by atoms with Crippen molar-refractivity contribution in [1.82, 2.24) is 0 Å². The van der Waals surface area contributed by atoms with E-state index >= 15 is 0 Å². The second-order valence-electron chi connectivity index (χ2n) is 3.92. The minimum absolute atomic E-state index is 0.111. The molecule has 2 rings (SSSR count). The summed E-state index contributed by atoms with van der Waals surface area (Å²) in [5, 5.41) is 0.663. The predicted octanol–water partition coefficient (Wildman–Crippen LogP) is 4.24. The molecule has 0 radical (unpaired) electrons. The Bertz CT molecular complexity index is 677. The molecule has 18 heavy (non-hydrogen) atoms. The maximum atomic E-state index is 11.2. The van der Waals surface area contributed by atoms with E-state index in [9.17, 15) is 8.42 Å². The quantitative estimate of drug-likeness (QED) is 0.777. The van der Waals surface area contributed by atoms with E-state index in [1.165, 1.54) is 6.07 Å². The lowest BCUT2D eigenvalue weighted by molar-refractivity contribution is 0.609. The molecular weight excluding hydrogens is 291 g/mol. The van der Waals surface area contributed by atoms with Crippen molar-refractivity contribution in [2.45, 2.75) is 11.8 Å². The Kier molecular flexibility index (Phi) is 3.66. The largest absolute Gasteiger partial charge is 0.261 e. The van der Waals surface area contributed by atoms with Crippen molar-refractivity contribution in [3.63, 3.8) is 0 Å². The van der Waals surface area contributed by atoms with Crippen LogP contribution in [0.1, 0.15) is 5.56 Å². The third-order valence-corrected chi connectivity index (χ3v) is 4.24. The lowest BCUT2D eigenvalue weighted by atomic mass is 10.0. The molecule has 0 spiro atoms. The van der Waals surface area contributed by atoms with Gasteiger partial charge in [-0.15, -0.1) is 0 Å². The average Bonchev–Trinajstić information content (AvgIpc) is 2.29. The molecule has 0 saturated heterocycles. The fourth-order valence-corrected chi connectivity index (χ4v) is 2.70.